The summed E-state index contributed by atoms with van der Waals surface area (Å²) in [5.74, 6) is -1.06. The summed E-state index contributed by atoms with van der Waals surface area (Å²) in [6, 6.07) is 5.06. The molecule has 0 radical (unpaired) electrons. The summed E-state index contributed by atoms with van der Waals surface area (Å²) in [5, 5.41) is 8.65. The van der Waals surface area contributed by atoms with Crippen molar-refractivity contribution < 1.29 is 18.3 Å². The minimum absolute atomic E-state index is 0.109. The monoisotopic (exact) mass is 309 g/mol. The quantitative estimate of drug-likeness (QED) is 0.818. The molecule has 0 atom stereocenters. The fourth-order valence-corrected chi connectivity index (χ4v) is 4.23. The van der Waals surface area contributed by atoms with Crippen LogP contribution < -0.4 is 0 Å². The maximum atomic E-state index is 12.7. The summed E-state index contributed by atoms with van der Waals surface area (Å²) in [5.41, 5.74) is 1.23. The summed E-state index contributed by atoms with van der Waals surface area (Å²) in [7, 11) is -3.53. The minimum Gasteiger partial charge on any atom is -0.478 e. The van der Waals surface area contributed by atoms with Crippen LogP contribution in [0.5, 0.6) is 0 Å². The molecule has 5 nitrogen and oxygen atoms in total. The van der Waals surface area contributed by atoms with E-state index < -0.39 is 16.0 Å². The summed E-state index contributed by atoms with van der Waals surface area (Å²) >= 11 is 0. The molecular weight excluding hydrogens is 290 g/mol. The van der Waals surface area contributed by atoms with Gasteiger partial charge in [0.1, 0.15) is 0 Å². The van der Waals surface area contributed by atoms with E-state index in [1.807, 2.05) is 6.92 Å². The number of hydrogen-bond donors (Lipinski definition) is 1. The van der Waals surface area contributed by atoms with Crippen molar-refractivity contribution in [3.8, 4) is 0 Å². The average Bonchev–Trinajstić information content (AvgIpc) is 3.22. The number of aliphatic carboxylic acids is 1. The van der Waals surface area contributed by atoms with Crippen molar-refractivity contribution in [3.63, 3.8) is 0 Å². The minimum atomic E-state index is -3.53. The topological polar surface area (TPSA) is 74.7 Å². The van der Waals surface area contributed by atoms with Crippen molar-refractivity contribution in [1.29, 1.82) is 0 Å². The molecule has 1 aliphatic rings. The lowest BCUT2D eigenvalue weighted by Gasteiger charge is -2.21. The summed E-state index contributed by atoms with van der Waals surface area (Å²) < 4.78 is 27.0. The summed E-state index contributed by atoms with van der Waals surface area (Å²) in [6.07, 6.45) is 4.21. The highest BCUT2D eigenvalue weighted by atomic mass is 32.2. The third-order valence-corrected chi connectivity index (χ3v) is 5.65. The van der Waals surface area contributed by atoms with Gasteiger partial charge in [0.15, 0.2) is 0 Å². The Morgan fingerprint density at radius 2 is 2.10 bits per heavy atom. The molecule has 0 heterocycles. The molecule has 114 valence electrons. The molecule has 0 unspecified atom stereocenters. The largest absolute Gasteiger partial charge is 0.478 e. The van der Waals surface area contributed by atoms with Gasteiger partial charge in [-0.1, -0.05) is 19.1 Å². The zero-order valence-electron chi connectivity index (χ0n) is 12.1. The smallest absolute Gasteiger partial charge is 0.328 e. The highest BCUT2D eigenvalue weighted by molar-refractivity contribution is 7.89. The molecule has 0 aromatic heterocycles. The zero-order chi connectivity index (χ0) is 15.6. The number of rotatable bonds is 6. The first-order valence-corrected chi connectivity index (χ1v) is 8.33. The van der Waals surface area contributed by atoms with Gasteiger partial charge in [-0.15, -0.1) is 0 Å². The van der Waals surface area contributed by atoms with Gasteiger partial charge in [-0.05, 0) is 43.0 Å². The highest BCUT2D eigenvalue weighted by Crippen LogP contribution is 2.33. The van der Waals surface area contributed by atoms with Crippen LogP contribution in [0.25, 0.3) is 6.08 Å². The Morgan fingerprint density at radius 1 is 1.43 bits per heavy atom. The Morgan fingerprint density at radius 3 is 2.62 bits per heavy atom. The Hall–Kier alpha value is -1.66. The van der Waals surface area contributed by atoms with Gasteiger partial charge >= 0.3 is 5.97 Å². The number of benzene rings is 1. The first-order valence-electron chi connectivity index (χ1n) is 6.89. The van der Waals surface area contributed by atoms with Crippen molar-refractivity contribution >= 4 is 22.1 Å². The second kappa shape index (κ2) is 5.99. The molecule has 1 N–H and O–H groups in total. The number of nitrogens with zero attached hydrogens (tertiary/aromatic N) is 1. The van der Waals surface area contributed by atoms with E-state index in [9.17, 15) is 13.2 Å². The van der Waals surface area contributed by atoms with E-state index in [2.05, 4.69) is 0 Å². The maximum Gasteiger partial charge on any atom is 0.328 e. The van der Waals surface area contributed by atoms with Crippen molar-refractivity contribution in [2.24, 2.45) is 0 Å². The van der Waals surface area contributed by atoms with Crippen LogP contribution in [0.1, 0.15) is 30.9 Å². The van der Waals surface area contributed by atoms with Gasteiger partial charge < -0.3 is 5.11 Å². The van der Waals surface area contributed by atoms with Crippen LogP contribution in [0.3, 0.4) is 0 Å². The van der Waals surface area contributed by atoms with E-state index in [1.54, 1.807) is 19.1 Å². The molecule has 1 aliphatic carbocycles. The molecule has 0 amide bonds. The maximum absolute atomic E-state index is 12.7. The molecule has 0 saturated heterocycles. The van der Waals surface area contributed by atoms with Crippen LogP contribution in [-0.2, 0) is 14.8 Å². The lowest BCUT2D eigenvalue weighted by atomic mass is 10.1. The molecule has 0 bridgehead atoms. The number of sulfonamides is 1. The molecular formula is C15H19NO4S. The van der Waals surface area contributed by atoms with Crippen LogP contribution >= 0.6 is 0 Å². The van der Waals surface area contributed by atoms with E-state index in [0.717, 1.165) is 18.9 Å². The van der Waals surface area contributed by atoms with Gasteiger partial charge in [-0.2, -0.15) is 4.31 Å². The second-order valence-corrected chi connectivity index (χ2v) is 7.00. The Labute approximate surface area is 124 Å². The standard InChI is InChI=1S/C15H19NO4S/c1-3-16(13-7-8-13)21(19,20)14-10-12(5-4-11(14)2)6-9-15(17)18/h4-6,9-10,13H,3,7-8H2,1-2H3,(H,17,18). The summed E-state index contributed by atoms with van der Waals surface area (Å²) in [4.78, 5) is 10.8. The Bertz CT molecular complexity index is 675. The van der Waals surface area contributed by atoms with Crippen molar-refractivity contribution in [1.82, 2.24) is 4.31 Å². The average molecular weight is 309 g/mol. The van der Waals surface area contributed by atoms with Crippen LogP contribution in [0.4, 0.5) is 0 Å². The fourth-order valence-electron chi connectivity index (χ4n) is 2.28. The first kappa shape index (κ1) is 15.7. The molecule has 1 aromatic rings. The van der Waals surface area contributed by atoms with Crippen LogP contribution in [0.2, 0.25) is 0 Å². The SMILES string of the molecule is CCN(C1CC1)S(=O)(=O)c1cc(C=CC(=O)O)ccc1C. The normalized spacial score (nSPS) is 15.8. The van der Waals surface area contributed by atoms with Crippen LogP contribution in [0.15, 0.2) is 29.2 Å². The van der Waals surface area contributed by atoms with Crippen LogP contribution in [-0.4, -0.2) is 36.4 Å². The first-order chi connectivity index (χ1) is 9.86. The molecule has 1 saturated carbocycles. The molecule has 0 spiro atoms. The third kappa shape index (κ3) is 3.51. The van der Waals surface area contributed by atoms with Gasteiger partial charge in [-0.3, -0.25) is 0 Å². The molecule has 21 heavy (non-hydrogen) atoms. The van der Waals surface area contributed by atoms with Crippen molar-refractivity contribution in [3.05, 3.63) is 35.4 Å². The van der Waals surface area contributed by atoms with Gasteiger partial charge in [0.2, 0.25) is 10.0 Å². The highest BCUT2D eigenvalue weighted by Gasteiger charge is 2.37. The van der Waals surface area contributed by atoms with E-state index in [1.165, 1.54) is 16.4 Å². The molecule has 6 heteroatoms. The summed E-state index contributed by atoms with van der Waals surface area (Å²) in [6.45, 7) is 4.03. The number of carbonyl (C=O) groups is 1. The lowest BCUT2D eigenvalue weighted by molar-refractivity contribution is -0.131. The number of hydrogen-bond acceptors (Lipinski definition) is 3. The Balaban J connectivity index is 2.42. The van der Waals surface area contributed by atoms with Gasteiger partial charge in [0, 0.05) is 18.7 Å². The second-order valence-electron chi connectivity index (χ2n) is 5.14. The number of carboxylic acid groups (broad SMARTS) is 1. The molecule has 1 aromatic carbocycles. The van der Waals surface area contributed by atoms with E-state index in [-0.39, 0.29) is 10.9 Å². The predicted octanol–water partition coefficient (Wildman–Crippen LogP) is 2.27. The van der Waals surface area contributed by atoms with E-state index in [0.29, 0.717) is 17.7 Å². The number of carboxylic acids is 1. The number of aryl methyl sites for hydroxylation is 1. The van der Waals surface area contributed by atoms with Crippen molar-refractivity contribution in [2.45, 2.75) is 37.6 Å². The lowest BCUT2D eigenvalue weighted by Crippen LogP contribution is -2.33. The molecule has 0 aliphatic heterocycles. The zero-order valence-corrected chi connectivity index (χ0v) is 12.9. The van der Waals surface area contributed by atoms with E-state index >= 15 is 0 Å². The van der Waals surface area contributed by atoms with Crippen LogP contribution in [0, 0.1) is 6.92 Å². The van der Waals surface area contributed by atoms with Gasteiger partial charge in [0.25, 0.3) is 0 Å². The van der Waals surface area contributed by atoms with Gasteiger partial charge in [-0.25, -0.2) is 13.2 Å². The van der Waals surface area contributed by atoms with E-state index in [4.69, 9.17) is 5.11 Å². The third-order valence-electron chi connectivity index (χ3n) is 3.48. The fraction of sp³-hybridized carbons (Fsp3) is 0.400. The van der Waals surface area contributed by atoms with Gasteiger partial charge in [0.05, 0.1) is 4.90 Å². The molecule has 1 fully saturated rings. The Kier molecular flexibility index (Phi) is 4.49. The van der Waals surface area contributed by atoms with Crippen molar-refractivity contribution in [2.75, 3.05) is 6.54 Å². The predicted molar refractivity (Wildman–Crippen MR) is 80.4 cm³/mol. The molecule has 2 rings (SSSR count).